The molecule has 6 aromatic rings. The minimum absolute atomic E-state index is 0.133. The van der Waals surface area contributed by atoms with E-state index in [9.17, 15) is 0 Å². The van der Waals surface area contributed by atoms with E-state index in [0.29, 0.717) is 0 Å². The minimum Gasteiger partial charge on any atom is -0.376 e. The Morgan fingerprint density at radius 3 is 1.51 bits per heavy atom. The number of hydrogen-bond acceptors (Lipinski definition) is 2. The van der Waals surface area contributed by atoms with E-state index in [1.807, 2.05) is 0 Å². The SMILES string of the molecule is c1ccc2c(c1)-c1cccc3c1B1c4c(cccc4N3c3cccc4ccccc34)-c3ccccc3N12. The van der Waals surface area contributed by atoms with Crippen molar-refractivity contribution in [3.63, 3.8) is 0 Å². The van der Waals surface area contributed by atoms with Crippen LogP contribution in [0, 0.1) is 0 Å². The maximum atomic E-state index is 2.59. The fourth-order valence-electron chi connectivity index (χ4n) is 6.97. The summed E-state index contributed by atoms with van der Waals surface area (Å²) in [6, 6.07) is 46.9. The molecule has 3 aliphatic rings. The van der Waals surface area contributed by atoms with Crippen molar-refractivity contribution in [2.75, 3.05) is 9.71 Å². The van der Waals surface area contributed by atoms with Crippen LogP contribution in [0.5, 0.6) is 0 Å². The summed E-state index contributed by atoms with van der Waals surface area (Å²) in [5.74, 6) is 0. The second-order valence-electron chi connectivity index (χ2n) is 10.1. The molecule has 0 radical (unpaired) electrons. The molecule has 6 aromatic carbocycles. The van der Waals surface area contributed by atoms with Crippen molar-refractivity contribution in [2.45, 2.75) is 0 Å². The van der Waals surface area contributed by atoms with Crippen molar-refractivity contribution < 1.29 is 0 Å². The van der Waals surface area contributed by atoms with E-state index < -0.39 is 0 Å². The zero-order valence-electron chi connectivity index (χ0n) is 20.1. The van der Waals surface area contributed by atoms with Crippen LogP contribution in [0.3, 0.4) is 0 Å². The summed E-state index contributed by atoms with van der Waals surface area (Å²) in [4.78, 5) is 5.10. The molecule has 0 unspecified atom stereocenters. The lowest BCUT2D eigenvalue weighted by atomic mass is 9.41. The van der Waals surface area contributed by atoms with Crippen LogP contribution in [0.1, 0.15) is 0 Å². The molecule has 2 nitrogen and oxygen atoms in total. The normalized spacial score (nSPS) is 13.8. The molecule has 3 heteroatoms. The first-order chi connectivity index (χ1) is 18.4. The molecule has 37 heavy (non-hydrogen) atoms. The van der Waals surface area contributed by atoms with Gasteiger partial charge < -0.3 is 9.71 Å². The van der Waals surface area contributed by atoms with Gasteiger partial charge >= 0.3 is 6.85 Å². The van der Waals surface area contributed by atoms with Gasteiger partial charge in [0.1, 0.15) is 0 Å². The Labute approximate surface area is 216 Å². The molecular weight excluding hydrogens is 447 g/mol. The zero-order valence-corrected chi connectivity index (χ0v) is 20.1. The molecule has 170 valence electrons. The number of para-hydroxylation sites is 2. The molecule has 0 saturated heterocycles. The highest BCUT2D eigenvalue weighted by atomic mass is 15.2. The molecule has 0 saturated carbocycles. The Balaban J connectivity index is 1.48. The predicted molar refractivity (Wildman–Crippen MR) is 157 cm³/mol. The lowest BCUT2D eigenvalue weighted by molar-refractivity contribution is 1.27. The monoisotopic (exact) mass is 468 g/mol. The molecule has 0 fully saturated rings. The summed E-state index contributed by atoms with van der Waals surface area (Å²) in [6.45, 7) is 0.133. The minimum atomic E-state index is 0.133. The van der Waals surface area contributed by atoms with Crippen LogP contribution < -0.4 is 20.6 Å². The fraction of sp³-hybridized carbons (Fsp3) is 0. The quantitative estimate of drug-likeness (QED) is 0.230. The molecule has 0 aromatic heterocycles. The standard InChI is InChI=1S/C34H21BN2/c1-2-12-23-22(10-1)11-7-19-28(23)36-31-20-8-15-26-24-13-3-5-17-29(24)37-30-18-6-4-14-25(30)27-16-9-21-32(36)34(27)35(37)33(26)31/h1-21H. The van der Waals surface area contributed by atoms with Gasteiger partial charge in [-0.05, 0) is 57.8 Å². The second-order valence-corrected chi connectivity index (χ2v) is 10.1. The number of anilines is 5. The Morgan fingerprint density at radius 2 is 0.838 bits per heavy atom. The van der Waals surface area contributed by atoms with Crippen LogP contribution in [-0.2, 0) is 0 Å². The van der Waals surface area contributed by atoms with Gasteiger partial charge in [-0.1, -0.05) is 97.1 Å². The van der Waals surface area contributed by atoms with Crippen molar-refractivity contribution in [1.82, 2.24) is 0 Å². The summed E-state index contributed by atoms with van der Waals surface area (Å²) >= 11 is 0. The first-order valence-corrected chi connectivity index (χ1v) is 12.9. The van der Waals surface area contributed by atoms with Gasteiger partial charge in [0, 0.05) is 39.3 Å². The summed E-state index contributed by atoms with van der Waals surface area (Å²) in [6.07, 6.45) is 0. The van der Waals surface area contributed by atoms with Crippen LogP contribution in [0.4, 0.5) is 28.4 Å². The van der Waals surface area contributed by atoms with Gasteiger partial charge in [0.2, 0.25) is 0 Å². The maximum Gasteiger partial charge on any atom is 0.333 e. The number of rotatable bonds is 1. The maximum absolute atomic E-state index is 2.59. The van der Waals surface area contributed by atoms with Crippen molar-refractivity contribution >= 4 is 57.0 Å². The summed E-state index contributed by atoms with van der Waals surface area (Å²) in [5, 5.41) is 2.52. The summed E-state index contributed by atoms with van der Waals surface area (Å²) < 4.78 is 0. The van der Waals surface area contributed by atoms with Crippen LogP contribution >= 0.6 is 0 Å². The van der Waals surface area contributed by atoms with E-state index in [0.717, 1.165) is 0 Å². The Hall–Kier alpha value is -4.76. The topological polar surface area (TPSA) is 6.48 Å². The van der Waals surface area contributed by atoms with Gasteiger partial charge in [0.15, 0.2) is 0 Å². The lowest BCUT2D eigenvalue weighted by Gasteiger charge is -2.49. The molecular formula is C34H21BN2. The average Bonchev–Trinajstić information content (AvgIpc) is 2.97. The molecule has 0 aliphatic carbocycles. The highest BCUT2D eigenvalue weighted by Crippen LogP contribution is 2.51. The van der Waals surface area contributed by atoms with Crippen LogP contribution in [0.2, 0.25) is 0 Å². The first kappa shape index (κ1) is 19.4. The third-order valence-electron chi connectivity index (χ3n) is 8.37. The third kappa shape index (κ3) is 2.37. The average molecular weight is 468 g/mol. The van der Waals surface area contributed by atoms with Crippen LogP contribution in [-0.4, -0.2) is 6.85 Å². The van der Waals surface area contributed by atoms with Gasteiger partial charge in [-0.3, -0.25) is 0 Å². The summed E-state index contributed by atoms with van der Waals surface area (Å²) in [7, 11) is 0. The van der Waals surface area contributed by atoms with Gasteiger partial charge in [-0.25, -0.2) is 0 Å². The van der Waals surface area contributed by atoms with E-state index in [1.165, 1.54) is 72.4 Å². The Kier molecular flexibility index (Phi) is 3.64. The van der Waals surface area contributed by atoms with E-state index in [-0.39, 0.29) is 6.85 Å². The first-order valence-electron chi connectivity index (χ1n) is 12.9. The van der Waals surface area contributed by atoms with E-state index in [4.69, 9.17) is 0 Å². The molecule has 0 bridgehead atoms. The number of benzene rings is 6. The van der Waals surface area contributed by atoms with Gasteiger partial charge in [-0.2, -0.15) is 0 Å². The molecule has 3 heterocycles. The molecule has 0 spiro atoms. The molecule has 0 amide bonds. The smallest absolute Gasteiger partial charge is 0.333 e. The van der Waals surface area contributed by atoms with Gasteiger partial charge in [0.25, 0.3) is 0 Å². The molecule has 0 N–H and O–H groups in total. The lowest BCUT2D eigenvalue weighted by Crippen LogP contribution is -2.63. The predicted octanol–water partition coefficient (Wildman–Crippen LogP) is 7.53. The van der Waals surface area contributed by atoms with Crippen molar-refractivity contribution in [3.05, 3.63) is 127 Å². The van der Waals surface area contributed by atoms with Crippen LogP contribution in [0.25, 0.3) is 33.0 Å². The fourth-order valence-corrected chi connectivity index (χ4v) is 6.97. The number of hydrogen-bond donors (Lipinski definition) is 0. The van der Waals surface area contributed by atoms with Crippen molar-refractivity contribution in [2.24, 2.45) is 0 Å². The Bertz CT molecular complexity index is 1820. The second kappa shape index (κ2) is 6.92. The largest absolute Gasteiger partial charge is 0.376 e. The van der Waals surface area contributed by atoms with E-state index >= 15 is 0 Å². The zero-order chi connectivity index (χ0) is 24.1. The van der Waals surface area contributed by atoms with E-state index in [2.05, 4.69) is 137 Å². The van der Waals surface area contributed by atoms with Gasteiger partial charge in [-0.15, -0.1) is 0 Å². The highest BCUT2D eigenvalue weighted by Gasteiger charge is 2.48. The van der Waals surface area contributed by atoms with Crippen molar-refractivity contribution in [3.8, 4) is 22.3 Å². The molecule has 9 rings (SSSR count). The highest BCUT2D eigenvalue weighted by molar-refractivity contribution is 6.95. The number of nitrogens with zero attached hydrogens (tertiary/aromatic N) is 2. The van der Waals surface area contributed by atoms with Crippen LogP contribution in [0.15, 0.2) is 127 Å². The number of fused-ring (bicyclic) bond motifs is 7. The van der Waals surface area contributed by atoms with Crippen molar-refractivity contribution in [1.29, 1.82) is 0 Å². The third-order valence-corrected chi connectivity index (χ3v) is 8.37. The molecule has 3 aliphatic heterocycles. The van der Waals surface area contributed by atoms with Gasteiger partial charge in [0.05, 0.1) is 5.69 Å². The van der Waals surface area contributed by atoms with E-state index in [1.54, 1.807) is 0 Å². The molecule has 0 atom stereocenters. The Morgan fingerprint density at radius 1 is 0.378 bits per heavy atom. The summed E-state index contributed by atoms with van der Waals surface area (Å²) in [5.41, 5.74) is 14.4.